The lowest BCUT2D eigenvalue weighted by Gasteiger charge is -2.19. The van der Waals surface area contributed by atoms with Gasteiger partial charge < -0.3 is 36.8 Å². The summed E-state index contributed by atoms with van der Waals surface area (Å²) in [6, 6.07) is 21.5. The number of hydrogen-bond acceptors (Lipinski definition) is 11. The molecular weight excluding hydrogens is 922 g/mol. The molecule has 0 unspecified atom stereocenters. The summed E-state index contributed by atoms with van der Waals surface area (Å²) in [7, 11) is 0. The summed E-state index contributed by atoms with van der Waals surface area (Å²) >= 11 is 9.69. The monoisotopic (exact) mass is 975 g/mol. The van der Waals surface area contributed by atoms with Crippen molar-refractivity contribution in [1.82, 2.24) is 39.8 Å². The van der Waals surface area contributed by atoms with Crippen molar-refractivity contribution in [3.8, 4) is 22.5 Å². The molecule has 0 aliphatic heterocycles. The van der Waals surface area contributed by atoms with Crippen molar-refractivity contribution in [3.63, 3.8) is 0 Å². The lowest BCUT2D eigenvalue weighted by molar-refractivity contribution is 0.0939. The highest BCUT2D eigenvalue weighted by Gasteiger charge is 2.26. The Morgan fingerprint density at radius 2 is 1.15 bits per heavy atom. The first-order valence-corrected chi connectivity index (χ1v) is 23.2. The zero-order valence-electron chi connectivity index (χ0n) is 38.1. The van der Waals surface area contributed by atoms with Crippen LogP contribution in [0.4, 0.5) is 22.9 Å². The van der Waals surface area contributed by atoms with Crippen molar-refractivity contribution >= 4 is 73.5 Å². The van der Waals surface area contributed by atoms with E-state index in [1.807, 2.05) is 87.5 Å². The van der Waals surface area contributed by atoms with Gasteiger partial charge in [-0.15, -0.1) is 5.10 Å². The number of carbonyl (C=O) groups is 2. The molecule has 2 fully saturated rings. The van der Waals surface area contributed by atoms with E-state index in [9.17, 15) is 19.8 Å². The molecule has 9 rings (SSSR count). The highest BCUT2D eigenvalue weighted by Crippen LogP contribution is 2.32. The zero-order chi connectivity index (χ0) is 47.1. The predicted molar refractivity (Wildman–Crippen MR) is 264 cm³/mol. The van der Waals surface area contributed by atoms with Gasteiger partial charge in [0.05, 0.1) is 46.4 Å². The Labute approximate surface area is 396 Å². The van der Waals surface area contributed by atoms with Crippen molar-refractivity contribution < 1.29 is 19.8 Å². The first kappa shape index (κ1) is 46.5. The van der Waals surface area contributed by atoms with Crippen molar-refractivity contribution in [3.05, 3.63) is 117 Å². The Balaban J connectivity index is 0.000000185. The second kappa shape index (κ2) is 18.7. The molecule has 2 amide bonds. The molecule has 2 aliphatic rings. The maximum Gasteiger partial charge on any atom is 0.251 e. The molecule has 0 bridgehead atoms. The van der Waals surface area contributed by atoms with E-state index in [2.05, 4.69) is 57.6 Å². The van der Waals surface area contributed by atoms with Crippen molar-refractivity contribution in [2.45, 2.75) is 97.4 Å². The van der Waals surface area contributed by atoms with E-state index in [0.717, 1.165) is 82.0 Å². The molecule has 2 aliphatic carbocycles. The van der Waals surface area contributed by atoms with E-state index in [1.54, 1.807) is 49.1 Å². The molecule has 15 nitrogen and oxygen atoms in total. The number of halogens is 2. The molecule has 66 heavy (non-hydrogen) atoms. The first-order chi connectivity index (χ1) is 31.3. The van der Waals surface area contributed by atoms with Gasteiger partial charge in [-0.25, -0.2) is 19.0 Å². The Bertz CT molecular complexity index is 2960. The minimum Gasteiger partial charge on any atom is -0.389 e. The number of rotatable bonds is 14. The van der Waals surface area contributed by atoms with Gasteiger partial charge in [-0.2, -0.15) is 5.10 Å². The van der Waals surface area contributed by atoms with Gasteiger partial charge in [0.2, 0.25) is 0 Å². The molecule has 344 valence electrons. The molecule has 17 heteroatoms. The molecule has 7 N–H and O–H groups in total. The van der Waals surface area contributed by atoms with Gasteiger partial charge in [0.15, 0.2) is 17.1 Å². The van der Waals surface area contributed by atoms with E-state index in [-0.39, 0.29) is 11.8 Å². The predicted octanol–water partition coefficient (Wildman–Crippen LogP) is 9.03. The van der Waals surface area contributed by atoms with Crippen LogP contribution in [0.25, 0.3) is 33.8 Å². The Morgan fingerprint density at radius 1 is 0.667 bits per heavy atom. The average Bonchev–Trinajstić information content (AvgIpc) is 4.16. The maximum absolute atomic E-state index is 12.6. The minimum absolute atomic E-state index is 0.0198. The maximum atomic E-state index is 12.6. The van der Waals surface area contributed by atoms with Crippen LogP contribution in [0.15, 0.2) is 83.7 Å². The first-order valence-electron chi connectivity index (χ1n) is 22.0. The SMILES string of the molecule is Cc1cc(-c2cnc3c(NCC(C)(C)O)cc(Br)nn23)ccc1C(=O)NC1CC1.Cc1ccc(Cl)cc1Nc1cc(NCC(C)(C)O)c2ncc(-c3ccc(C(=O)NC4CC4)c(C)c3)n2n1. The fourth-order valence-electron chi connectivity index (χ4n) is 7.25. The summed E-state index contributed by atoms with van der Waals surface area (Å²) in [5.74, 6) is 0.533. The standard InChI is InChI=1S/C28H31ClN6O2.C21H24BrN5O2/c1-16-5-7-19(29)12-22(16)33-25-13-23(31-15-28(3,4)37)26-30-14-24(35(26)34-25)18-6-10-21(17(2)11-18)27(36)32-20-8-9-20;1-12-8-13(4-7-15(12)20(28)25-14-5-6-14)17-10-23-19-16(24-11-21(2,3)29)9-18(22)26-27(17)19/h5-7,10-14,20,31,37H,8-9,15H2,1-4H3,(H,32,36)(H,33,34);4,7-10,14,24,29H,5-6,11H2,1-3H3,(H,25,28). The normalized spacial score (nSPS) is 13.9. The van der Waals surface area contributed by atoms with E-state index in [1.165, 1.54) is 0 Å². The Kier molecular flexibility index (Phi) is 13.1. The lowest BCUT2D eigenvalue weighted by Crippen LogP contribution is -2.29. The fraction of sp³-hybridized carbons (Fsp3) is 0.347. The van der Waals surface area contributed by atoms with Gasteiger partial charge in [-0.1, -0.05) is 29.8 Å². The number of aryl methyl sites for hydroxylation is 3. The van der Waals surface area contributed by atoms with Crippen LogP contribution in [0.2, 0.25) is 5.02 Å². The quantitative estimate of drug-likeness (QED) is 0.0550. The molecule has 4 aromatic heterocycles. The highest BCUT2D eigenvalue weighted by molar-refractivity contribution is 9.10. The number of anilines is 4. The summed E-state index contributed by atoms with van der Waals surface area (Å²) in [4.78, 5) is 34.2. The van der Waals surface area contributed by atoms with Crippen LogP contribution >= 0.6 is 27.5 Å². The highest BCUT2D eigenvalue weighted by atomic mass is 79.9. The largest absolute Gasteiger partial charge is 0.389 e. The summed E-state index contributed by atoms with van der Waals surface area (Å²) in [5.41, 5.74) is 9.48. The number of hydrogen-bond donors (Lipinski definition) is 7. The van der Waals surface area contributed by atoms with Crippen LogP contribution in [-0.4, -0.2) is 87.6 Å². The van der Waals surface area contributed by atoms with Crippen molar-refractivity contribution in [1.29, 1.82) is 0 Å². The number of carbonyl (C=O) groups excluding carboxylic acids is 2. The van der Waals surface area contributed by atoms with Crippen LogP contribution < -0.4 is 26.6 Å². The summed E-state index contributed by atoms with van der Waals surface area (Å²) in [5, 5.41) is 46.3. The van der Waals surface area contributed by atoms with Gasteiger partial charge in [-0.05, 0) is 149 Å². The Hall–Kier alpha value is -6.07. The molecule has 2 saturated carbocycles. The second-order valence-electron chi connectivity index (χ2n) is 18.6. The lowest BCUT2D eigenvalue weighted by atomic mass is 10.0. The number of imidazole rings is 2. The zero-order valence-corrected chi connectivity index (χ0v) is 40.4. The fourth-order valence-corrected chi connectivity index (χ4v) is 7.81. The van der Waals surface area contributed by atoms with Gasteiger partial charge in [-0.3, -0.25) is 9.59 Å². The molecule has 3 aromatic carbocycles. The number of nitrogens with zero attached hydrogens (tertiary/aromatic N) is 6. The summed E-state index contributed by atoms with van der Waals surface area (Å²) < 4.78 is 4.18. The Morgan fingerprint density at radius 3 is 1.62 bits per heavy atom. The number of aromatic nitrogens is 6. The second-order valence-corrected chi connectivity index (χ2v) is 19.8. The third-order valence-corrected chi connectivity index (χ3v) is 11.8. The number of aliphatic hydroxyl groups is 2. The molecule has 4 heterocycles. The molecule has 0 atom stereocenters. The van der Waals surface area contributed by atoms with Gasteiger partial charge in [0.25, 0.3) is 11.8 Å². The summed E-state index contributed by atoms with van der Waals surface area (Å²) in [6.07, 6.45) is 7.76. The van der Waals surface area contributed by atoms with Gasteiger partial charge >= 0.3 is 0 Å². The number of nitrogens with one attached hydrogen (secondary N) is 5. The molecule has 7 aromatic rings. The van der Waals surface area contributed by atoms with E-state index in [4.69, 9.17) is 16.7 Å². The van der Waals surface area contributed by atoms with Crippen LogP contribution in [0.1, 0.15) is 90.8 Å². The third kappa shape index (κ3) is 11.3. The van der Waals surface area contributed by atoms with E-state index < -0.39 is 11.2 Å². The molecule has 0 saturated heterocycles. The van der Waals surface area contributed by atoms with Gasteiger partial charge in [0, 0.05) is 64.2 Å². The number of fused-ring (bicyclic) bond motifs is 2. The van der Waals surface area contributed by atoms with Crippen LogP contribution in [0, 0.1) is 20.8 Å². The molecular formula is C49H55BrClN11O4. The van der Waals surface area contributed by atoms with Crippen LogP contribution in [0.3, 0.4) is 0 Å². The van der Waals surface area contributed by atoms with Crippen LogP contribution in [-0.2, 0) is 0 Å². The minimum atomic E-state index is -0.916. The van der Waals surface area contributed by atoms with E-state index in [0.29, 0.717) is 63.0 Å². The van der Waals surface area contributed by atoms with E-state index >= 15 is 0 Å². The summed E-state index contributed by atoms with van der Waals surface area (Å²) in [6.45, 7) is 13.6. The van der Waals surface area contributed by atoms with Crippen LogP contribution in [0.5, 0.6) is 0 Å². The molecule has 0 spiro atoms. The number of amides is 2. The van der Waals surface area contributed by atoms with Gasteiger partial charge in [0.1, 0.15) is 4.60 Å². The average molecular weight is 977 g/mol. The molecule has 0 radical (unpaired) electrons. The number of benzene rings is 3. The van der Waals surface area contributed by atoms with Crippen molar-refractivity contribution in [2.75, 3.05) is 29.0 Å². The van der Waals surface area contributed by atoms with Crippen molar-refractivity contribution in [2.24, 2.45) is 0 Å². The smallest absolute Gasteiger partial charge is 0.251 e. The topological polar surface area (TPSA) is 195 Å². The third-order valence-electron chi connectivity index (χ3n) is 11.1.